The van der Waals surface area contributed by atoms with E-state index in [0.29, 0.717) is 5.56 Å². The summed E-state index contributed by atoms with van der Waals surface area (Å²) in [4.78, 5) is 35.8. The summed E-state index contributed by atoms with van der Waals surface area (Å²) < 4.78 is 1.01. The van der Waals surface area contributed by atoms with Crippen molar-refractivity contribution >= 4 is 23.0 Å². The number of nitrogens with zero attached hydrogens (tertiary/aromatic N) is 3. The van der Waals surface area contributed by atoms with Gasteiger partial charge in [0, 0.05) is 0 Å². The summed E-state index contributed by atoms with van der Waals surface area (Å²) in [6.07, 6.45) is 1.91. The maximum atomic E-state index is 11.5. The Morgan fingerprint density at radius 3 is 2.95 bits per heavy atom. The molecule has 2 heterocycles. The lowest BCUT2D eigenvalue weighted by Crippen LogP contribution is -2.23. The summed E-state index contributed by atoms with van der Waals surface area (Å²) in [6, 6.07) is 1.55. The van der Waals surface area contributed by atoms with Gasteiger partial charge in [0.2, 0.25) is 0 Å². The Morgan fingerprint density at radius 2 is 2.32 bits per heavy atom. The third-order valence-corrected chi connectivity index (χ3v) is 3.28. The van der Waals surface area contributed by atoms with Gasteiger partial charge < -0.3 is 5.11 Å². The highest BCUT2D eigenvalue weighted by Gasteiger charge is 2.14. The molecule has 0 spiro atoms. The number of aromatic carboxylic acids is 1. The fraction of sp³-hybridized carbons (Fsp3) is 0.100. The van der Waals surface area contributed by atoms with Crippen molar-refractivity contribution < 1.29 is 14.8 Å². The molecule has 0 aliphatic rings. The van der Waals surface area contributed by atoms with Crippen LogP contribution in [0.3, 0.4) is 0 Å². The summed E-state index contributed by atoms with van der Waals surface area (Å²) in [5.41, 5.74) is -0.596. The van der Waals surface area contributed by atoms with Crippen LogP contribution in [0.25, 0.3) is 0 Å². The van der Waals surface area contributed by atoms with E-state index in [1.165, 1.54) is 0 Å². The van der Waals surface area contributed by atoms with Crippen LogP contribution < -0.4 is 5.69 Å². The van der Waals surface area contributed by atoms with Crippen molar-refractivity contribution in [2.24, 2.45) is 0 Å². The van der Waals surface area contributed by atoms with Crippen molar-refractivity contribution in [2.75, 3.05) is 0 Å². The van der Waals surface area contributed by atoms with Gasteiger partial charge in [0.1, 0.15) is 11.1 Å². The SMILES string of the molecule is O=C(O)c1sccc1Cn1cc([N+](=O)[O-])cnc1=O. The van der Waals surface area contributed by atoms with E-state index in [1.54, 1.807) is 11.4 Å². The Hall–Kier alpha value is -2.55. The molecule has 8 nitrogen and oxygen atoms in total. The second kappa shape index (κ2) is 4.98. The number of nitro groups is 1. The van der Waals surface area contributed by atoms with Crippen LogP contribution in [0.2, 0.25) is 0 Å². The Morgan fingerprint density at radius 1 is 1.58 bits per heavy atom. The average Bonchev–Trinajstić information content (AvgIpc) is 2.80. The molecule has 0 aliphatic carbocycles. The molecule has 0 bridgehead atoms. The van der Waals surface area contributed by atoms with Crippen LogP contribution in [0.5, 0.6) is 0 Å². The molecule has 1 N–H and O–H groups in total. The van der Waals surface area contributed by atoms with Gasteiger partial charge in [-0.2, -0.15) is 4.98 Å². The molecule has 19 heavy (non-hydrogen) atoms. The molecular weight excluding hydrogens is 274 g/mol. The fourth-order valence-corrected chi connectivity index (χ4v) is 2.24. The van der Waals surface area contributed by atoms with Crippen LogP contribution in [0, 0.1) is 10.1 Å². The number of carbonyl (C=O) groups is 1. The molecule has 0 fully saturated rings. The molecule has 0 atom stereocenters. The van der Waals surface area contributed by atoms with Gasteiger partial charge in [-0.1, -0.05) is 0 Å². The fourth-order valence-electron chi connectivity index (χ4n) is 1.48. The Bertz CT molecular complexity index is 705. The smallest absolute Gasteiger partial charge is 0.348 e. The standard InChI is InChI=1S/C10H7N3O5S/c14-9(15)8-6(1-2-19-8)4-12-5-7(13(17)18)3-11-10(12)16/h1-3,5H,4H2,(H,14,15). The molecule has 9 heteroatoms. The van der Waals surface area contributed by atoms with Gasteiger partial charge in [0.15, 0.2) is 0 Å². The largest absolute Gasteiger partial charge is 0.477 e. The highest BCUT2D eigenvalue weighted by atomic mass is 32.1. The molecule has 0 saturated carbocycles. The van der Waals surface area contributed by atoms with E-state index in [9.17, 15) is 19.7 Å². The van der Waals surface area contributed by atoms with E-state index in [-0.39, 0.29) is 17.1 Å². The minimum absolute atomic E-state index is 0.0708. The van der Waals surface area contributed by atoms with Gasteiger partial charge in [0.05, 0.1) is 17.7 Å². The van der Waals surface area contributed by atoms with Gasteiger partial charge in [-0.15, -0.1) is 11.3 Å². The summed E-state index contributed by atoms with van der Waals surface area (Å²) in [6.45, 7) is -0.0708. The van der Waals surface area contributed by atoms with Gasteiger partial charge in [-0.05, 0) is 17.0 Å². The van der Waals surface area contributed by atoms with Crippen LogP contribution in [0.15, 0.2) is 28.6 Å². The summed E-state index contributed by atoms with van der Waals surface area (Å²) in [7, 11) is 0. The number of hydrogen-bond donors (Lipinski definition) is 1. The van der Waals surface area contributed by atoms with Crippen molar-refractivity contribution in [3.8, 4) is 0 Å². The van der Waals surface area contributed by atoms with Crippen molar-refractivity contribution in [1.29, 1.82) is 0 Å². The van der Waals surface area contributed by atoms with Gasteiger partial charge in [-0.25, -0.2) is 9.59 Å². The lowest BCUT2D eigenvalue weighted by Gasteiger charge is -2.03. The average molecular weight is 281 g/mol. The molecule has 0 aliphatic heterocycles. The van der Waals surface area contributed by atoms with E-state index >= 15 is 0 Å². The van der Waals surface area contributed by atoms with Crippen molar-refractivity contribution in [3.63, 3.8) is 0 Å². The highest BCUT2D eigenvalue weighted by molar-refractivity contribution is 7.12. The number of hydrogen-bond acceptors (Lipinski definition) is 6. The third kappa shape index (κ3) is 2.65. The Balaban J connectivity index is 2.40. The maximum Gasteiger partial charge on any atom is 0.348 e. The molecule has 0 amide bonds. The highest BCUT2D eigenvalue weighted by Crippen LogP contribution is 2.18. The minimum atomic E-state index is -1.10. The molecule has 98 valence electrons. The minimum Gasteiger partial charge on any atom is -0.477 e. The Kier molecular flexibility index (Phi) is 3.38. The zero-order chi connectivity index (χ0) is 14.0. The topological polar surface area (TPSA) is 115 Å². The predicted molar refractivity (Wildman–Crippen MR) is 65.5 cm³/mol. The van der Waals surface area contributed by atoms with Crippen LogP contribution in [0.1, 0.15) is 15.2 Å². The van der Waals surface area contributed by atoms with E-state index in [1.807, 2.05) is 0 Å². The van der Waals surface area contributed by atoms with E-state index in [4.69, 9.17) is 5.11 Å². The molecule has 2 rings (SSSR count). The summed E-state index contributed by atoms with van der Waals surface area (Å²) in [5.74, 6) is -1.10. The molecule has 2 aromatic heterocycles. The first-order chi connectivity index (χ1) is 8.99. The van der Waals surface area contributed by atoms with Crippen LogP contribution in [-0.4, -0.2) is 25.6 Å². The second-order valence-corrected chi connectivity index (χ2v) is 4.48. The number of rotatable bonds is 4. The van der Waals surface area contributed by atoms with E-state index in [0.717, 1.165) is 28.3 Å². The first-order valence-electron chi connectivity index (χ1n) is 4.99. The molecule has 0 radical (unpaired) electrons. The summed E-state index contributed by atoms with van der Waals surface area (Å²) >= 11 is 1.02. The van der Waals surface area contributed by atoms with Gasteiger partial charge in [-0.3, -0.25) is 14.7 Å². The van der Waals surface area contributed by atoms with Crippen molar-refractivity contribution in [2.45, 2.75) is 6.54 Å². The van der Waals surface area contributed by atoms with Crippen LogP contribution in [-0.2, 0) is 6.54 Å². The summed E-state index contributed by atoms with van der Waals surface area (Å²) in [5, 5.41) is 21.1. The zero-order valence-electron chi connectivity index (χ0n) is 9.35. The monoisotopic (exact) mass is 281 g/mol. The van der Waals surface area contributed by atoms with Crippen LogP contribution in [0.4, 0.5) is 5.69 Å². The molecule has 0 saturated heterocycles. The molecule has 0 aromatic carbocycles. The van der Waals surface area contributed by atoms with Crippen molar-refractivity contribution in [3.05, 3.63) is 54.9 Å². The molecular formula is C10H7N3O5S. The second-order valence-electron chi connectivity index (χ2n) is 3.56. The Labute approximate surface area is 109 Å². The third-order valence-electron chi connectivity index (χ3n) is 2.33. The van der Waals surface area contributed by atoms with Crippen LogP contribution >= 0.6 is 11.3 Å². The lowest BCUT2D eigenvalue weighted by atomic mass is 10.2. The van der Waals surface area contributed by atoms with Gasteiger partial charge in [0.25, 0.3) is 0 Å². The number of carboxylic acids is 1. The number of thiophene rings is 1. The zero-order valence-corrected chi connectivity index (χ0v) is 10.2. The van der Waals surface area contributed by atoms with Gasteiger partial charge >= 0.3 is 17.3 Å². The quantitative estimate of drug-likeness (QED) is 0.659. The molecule has 2 aromatic rings. The predicted octanol–water partition coefficient (Wildman–Crippen LogP) is 0.959. The normalized spacial score (nSPS) is 10.3. The number of aromatic nitrogens is 2. The first kappa shape index (κ1) is 12.9. The van der Waals surface area contributed by atoms with E-state index < -0.39 is 16.6 Å². The maximum absolute atomic E-state index is 11.5. The van der Waals surface area contributed by atoms with Crippen molar-refractivity contribution in [1.82, 2.24) is 9.55 Å². The lowest BCUT2D eigenvalue weighted by molar-refractivity contribution is -0.385. The number of carboxylic acid groups (broad SMARTS) is 1. The molecule has 0 unspecified atom stereocenters. The van der Waals surface area contributed by atoms with E-state index in [2.05, 4.69) is 4.98 Å². The first-order valence-corrected chi connectivity index (χ1v) is 5.87.